The Morgan fingerprint density at radius 1 is 1.46 bits per heavy atom. The minimum atomic E-state index is -1.25. The number of halogens is 1. The van der Waals surface area contributed by atoms with Gasteiger partial charge in [0.05, 0.1) is 18.3 Å². The number of nitrogens with zero attached hydrogens (tertiary/aromatic N) is 1. The van der Waals surface area contributed by atoms with Gasteiger partial charge in [-0.15, -0.1) is 6.58 Å². The third-order valence-electron chi connectivity index (χ3n) is 4.48. The smallest absolute Gasteiger partial charge is 0.407 e. The molecule has 0 spiro atoms. The van der Waals surface area contributed by atoms with Crippen molar-refractivity contribution >= 4 is 14.2 Å². The van der Waals surface area contributed by atoms with E-state index in [1.54, 1.807) is 6.08 Å². The Morgan fingerprint density at radius 3 is 2.71 bits per heavy atom. The molecule has 1 aromatic rings. The van der Waals surface area contributed by atoms with E-state index < -0.39 is 19.7 Å². The highest BCUT2D eigenvalue weighted by atomic mass is 28.3. The van der Waals surface area contributed by atoms with Crippen LogP contribution in [-0.4, -0.2) is 31.3 Å². The maximum atomic E-state index is 14.1. The number of rotatable bonds is 6. The fourth-order valence-electron chi connectivity index (χ4n) is 3.10. The van der Waals surface area contributed by atoms with Crippen molar-refractivity contribution in [2.75, 3.05) is 6.61 Å². The lowest BCUT2D eigenvalue weighted by Crippen LogP contribution is -2.49. The van der Waals surface area contributed by atoms with Crippen LogP contribution in [0.3, 0.4) is 0 Å². The van der Waals surface area contributed by atoms with Gasteiger partial charge in [0.1, 0.15) is 5.82 Å². The molecule has 1 aromatic heterocycles. The molecule has 1 atom stereocenters. The molecule has 4 nitrogen and oxygen atoms in total. The summed E-state index contributed by atoms with van der Waals surface area (Å²) in [4.78, 5) is 16.3. The summed E-state index contributed by atoms with van der Waals surface area (Å²) >= 11 is 0. The van der Waals surface area contributed by atoms with Gasteiger partial charge in [0.25, 0.3) is 0 Å². The first-order valence-electron chi connectivity index (χ1n) is 8.34. The van der Waals surface area contributed by atoms with Crippen LogP contribution in [0.2, 0.25) is 25.7 Å². The Morgan fingerprint density at radius 2 is 2.12 bits per heavy atom. The molecule has 1 aliphatic carbocycles. The largest absolute Gasteiger partial charge is 0.450 e. The van der Waals surface area contributed by atoms with Crippen LogP contribution in [0.15, 0.2) is 18.9 Å². The summed E-state index contributed by atoms with van der Waals surface area (Å²) in [6.07, 6.45) is 4.12. The van der Waals surface area contributed by atoms with Crippen LogP contribution in [0.1, 0.15) is 23.2 Å². The summed E-state index contributed by atoms with van der Waals surface area (Å²) < 4.78 is 19.4. The number of nitrogens with one attached hydrogen (secondary N) is 1. The lowest BCUT2D eigenvalue weighted by molar-refractivity contribution is 0.138. The van der Waals surface area contributed by atoms with Gasteiger partial charge in [0.2, 0.25) is 0 Å². The number of alkyl carbamates (subject to hydrolysis) is 1. The summed E-state index contributed by atoms with van der Waals surface area (Å²) in [5.41, 5.74) is 1.77. The van der Waals surface area contributed by atoms with Gasteiger partial charge in [-0.1, -0.05) is 25.7 Å². The molecule has 0 fully saturated rings. The number of pyridine rings is 1. The zero-order valence-electron chi connectivity index (χ0n) is 15.0. The third-order valence-corrected chi connectivity index (χ3v) is 6.18. The van der Waals surface area contributed by atoms with Crippen molar-refractivity contribution < 1.29 is 13.9 Å². The normalized spacial score (nSPS) is 19.7. The summed E-state index contributed by atoms with van der Waals surface area (Å²) in [5.74, 6) is -0.310. The standard InChI is InChI=1S/C18H27FN2O2Si/c1-6-7-18(21-17(22)23-8-9-24(3,4)5)10-14-13(2)20-12-16(19)15(14)11-18/h6,12H,1,7-11H2,2-5H3,(H,21,22). The number of fused-ring (bicyclic) bond motifs is 1. The second-order valence-electron chi connectivity index (χ2n) is 7.85. The van der Waals surface area contributed by atoms with Gasteiger partial charge in [0, 0.05) is 13.8 Å². The number of ether oxygens (including phenoxy) is 1. The quantitative estimate of drug-likeness (QED) is 0.623. The van der Waals surface area contributed by atoms with E-state index in [1.807, 2.05) is 6.92 Å². The highest BCUT2D eigenvalue weighted by Gasteiger charge is 2.40. The van der Waals surface area contributed by atoms with E-state index in [1.165, 1.54) is 6.20 Å². The van der Waals surface area contributed by atoms with E-state index in [4.69, 9.17) is 4.74 Å². The molecule has 1 amide bonds. The van der Waals surface area contributed by atoms with Gasteiger partial charge in [-0.05, 0) is 43.4 Å². The molecule has 0 aromatic carbocycles. The van der Waals surface area contributed by atoms with Gasteiger partial charge in [-0.2, -0.15) is 0 Å². The van der Waals surface area contributed by atoms with Crippen LogP contribution < -0.4 is 5.32 Å². The maximum Gasteiger partial charge on any atom is 0.407 e. The number of aryl methyl sites for hydroxylation is 1. The van der Waals surface area contributed by atoms with Crippen molar-refractivity contribution in [3.63, 3.8) is 0 Å². The minimum absolute atomic E-state index is 0.310. The molecule has 132 valence electrons. The van der Waals surface area contributed by atoms with Crippen LogP contribution in [0, 0.1) is 12.7 Å². The van der Waals surface area contributed by atoms with E-state index in [0.717, 1.165) is 17.3 Å². The van der Waals surface area contributed by atoms with Gasteiger partial charge >= 0.3 is 6.09 Å². The molecular weight excluding hydrogens is 323 g/mol. The first kappa shape index (κ1) is 18.6. The minimum Gasteiger partial charge on any atom is -0.450 e. The topological polar surface area (TPSA) is 51.2 Å². The molecule has 0 saturated carbocycles. The first-order valence-corrected chi connectivity index (χ1v) is 12.1. The highest BCUT2D eigenvalue weighted by molar-refractivity contribution is 6.76. The van der Waals surface area contributed by atoms with E-state index >= 15 is 0 Å². The molecule has 0 radical (unpaired) electrons. The second kappa shape index (κ2) is 7.05. The third kappa shape index (κ3) is 4.44. The van der Waals surface area contributed by atoms with Gasteiger partial charge in [0.15, 0.2) is 0 Å². The first-order chi connectivity index (χ1) is 11.2. The number of amides is 1. The van der Waals surface area contributed by atoms with Crippen LogP contribution in [0.5, 0.6) is 0 Å². The van der Waals surface area contributed by atoms with Crippen molar-refractivity contribution in [2.24, 2.45) is 0 Å². The van der Waals surface area contributed by atoms with Crippen molar-refractivity contribution in [3.05, 3.63) is 41.5 Å². The lowest BCUT2D eigenvalue weighted by atomic mass is 9.91. The van der Waals surface area contributed by atoms with Crippen LogP contribution in [0.25, 0.3) is 0 Å². The molecule has 1 N–H and O–H groups in total. The van der Waals surface area contributed by atoms with E-state index in [-0.39, 0.29) is 5.82 Å². The fraction of sp³-hybridized carbons (Fsp3) is 0.556. The molecule has 1 unspecified atom stereocenters. The van der Waals surface area contributed by atoms with Crippen LogP contribution in [-0.2, 0) is 17.6 Å². The number of hydrogen-bond donors (Lipinski definition) is 1. The van der Waals surface area contributed by atoms with Crippen molar-refractivity contribution in [3.8, 4) is 0 Å². The fourth-order valence-corrected chi connectivity index (χ4v) is 3.81. The average molecular weight is 351 g/mol. The number of carbonyl (C=O) groups excluding carboxylic acids is 1. The zero-order chi connectivity index (χ0) is 18.0. The molecule has 2 rings (SSSR count). The monoisotopic (exact) mass is 350 g/mol. The molecule has 1 heterocycles. The average Bonchev–Trinajstić information content (AvgIpc) is 2.82. The SMILES string of the molecule is C=CCC1(NC(=O)OCC[Si](C)(C)C)Cc2c(F)cnc(C)c2C1. The number of hydrogen-bond acceptors (Lipinski definition) is 3. The van der Waals surface area contributed by atoms with Gasteiger partial charge < -0.3 is 10.1 Å². The van der Waals surface area contributed by atoms with Gasteiger partial charge in [-0.25, -0.2) is 9.18 Å². The molecule has 0 bridgehead atoms. The summed E-state index contributed by atoms with van der Waals surface area (Å²) in [6, 6.07) is 0.923. The van der Waals surface area contributed by atoms with Crippen molar-refractivity contribution in [1.29, 1.82) is 0 Å². The Kier molecular flexibility index (Phi) is 5.48. The molecule has 0 aliphatic heterocycles. The number of carbonyl (C=O) groups is 1. The zero-order valence-corrected chi connectivity index (χ0v) is 16.0. The predicted octanol–water partition coefficient (Wildman–Crippen LogP) is 4.01. The van der Waals surface area contributed by atoms with Crippen LogP contribution >= 0.6 is 0 Å². The van der Waals surface area contributed by atoms with Crippen molar-refractivity contribution in [1.82, 2.24) is 10.3 Å². The Balaban J connectivity index is 2.08. The second-order valence-corrected chi connectivity index (χ2v) is 13.5. The predicted molar refractivity (Wildman–Crippen MR) is 96.5 cm³/mol. The Hall–Kier alpha value is -1.69. The summed E-state index contributed by atoms with van der Waals surface area (Å²) in [7, 11) is -1.25. The van der Waals surface area contributed by atoms with Crippen LogP contribution in [0.4, 0.5) is 9.18 Å². The number of aromatic nitrogens is 1. The summed E-state index contributed by atoms with van der Waals surface area (Å²) in [6.45, 7) is 12.8. The molecular formula is C18H27FN2O2Si. The van der Waals surface area contributed by atoms with E-state index in [0.29, 0.717) is 31.4 Å². The molecule has 0 saturated heterocycles. The van der Waals surface area contributed by atoms with E-state index in [2.05, 4.69) is 36.5 Å². The molecule has 6 heteroatoms. The molecule has 1 aliphatic rings. The maximum absolute atomic E-state index is 14.1. The highest BCUT2D eigenvalue weighted by Crippen LogP contribution is 2.35. The Labute approximate surface area is 144 Å². The van der Waals surface area contributed by atoms with Gasteiger partial charge in [-0.3, -0.25) is 4.98 Å². The Bertz CT molecular complexity index is 610. The van der Waals surface area contributed by atoms with E-state index in [9.17, 15) is 9.18 Å². The van der Waals surface area contributed by atoms with Crippen molar-refractivity contribution in [2.45, 2.75) is 57.4 Å². The summed E-state index contributed by atoms with van der Waals surface area (Å²) in [5, 5.41) is 2.97. The lowest BCUT2D eigenvalue weighted by Gasteiger charge is -2.29. The molecule has 24 heavy (non-hydrogen) atoms.